The Hall–Kier alpha value is -3.18. The lowest BCUT2D eigenvalue weighted by Gasteiger charge is -2.35. The lowest BCUT2D eigenvalue weighted by Crippen LogP contribution is -2.45. The van der Waals surface area contributed by atoms with Crippen molar-refractivity contribution in [3.05, 3.63) is 106 Å². The third-order valence-electron chi connectivity index (χ3n) is 7.86. The van der Waals surface area contributed by atoms with Crippen LogP contribution in [0.3, 0.4) is 0 Å². The summed E-state index contributed by atoms with van der Waals surface area (Å²) < 4.78 is 22.1. The second kappa shape index (κ2) is 12.4. The van der Waals surface area contributed by atoms with Crippen molar-refractivity contribution in [2.45, 2.75) is 25.0 Å². The number of anilines is 1. The standard InChI is InChI=1S/C32H31Cl2N5O3S/c33-23-5-10-27(28(34)17-23)32(21-38-12-11-35-22-38)41-20-26(42-32)19-40-25-8-6-24(7-9-25)39-15-13-37(14-16-39)18-31-36-29-3-1-2-4-30(29)43-31/h1-12,17,22,26H,13-16,18-21H2/t26-,32-/m1/s1. The first-order valence-electron chi connectivity index (χ1n) is 14.3. The second-order valence-electron chi connectivity index (χ2n) is 10.8. The van der Waals surface area contributed by atoms with E-state index in [0.29, 0.717) is 29.8 Å². The fourth-order valence-corrected chi connectivity index (χ4v) is 7.22. The highest BCUT2D eigenvalue weighted by Gasteiger charge is 2.45. The van der Waals surface area contributed by atoms with Gasteiger partial charge in [-0.15, -0.1) is 11.3 Å². The minimum absolute atomic E-state index is 0.279. The molecule has 7 rings (SSSR count). The number of hydrogen-bond donors (Lipinski definition) is 0. The number of aromatic nitrogens is 3. The van der Waals surface area contributed by atoms with Crippen LogP contribution in [0.2, 0.25) is 10.0 Å². The topological polar surface area (TPSA) is 64.9 Å². The van der Waals surface area contributed by atoms with Crippen molar-refractivity contribution in [1.29, 1.82) is 0 Å². The molecule has 0 bridgehead atoms. The molecule has 2 aliphatic heterocycles. The summed E-state index contributed by atoms with van der Waals surface area (Å²) in [4.78, 5) is 13.9. The predicted octanol–water partition coefficient (Wildman–Crippen LogP) is 6.47. The molecule has 43 heavy (non-hydrogen) atoms. The number of piperazine rings is 1. The molecule has 3 aromatic carbocycles. The number of fused-ring (bicyclic) bond motifs is 1. The molecule has 2 atom stereocenters. The summed E-state index contributed by atoms with van der Waals surface area (Å²) >= 11 is 14.5. The number of rotatable bonds is 9. The third-order valence-corrected chi connectivity index (χ3v) is 9.43. The molecule has 5 aromatic rings. The van der Waals surface area contributed by atoms with E-state index >= 15 is 0 Å². The van der Waals surface area contributed by atoms with Crippen LogP contribution in [0.25, 0.3) is 10.2 Å². The van der Waals surface area contributed by atoms with Crippen molar-refractivity contribution in [1.82, 2.24) is 19.4 Å². The van der Waals surface area contributed by atoms with Crippen molar-refractivity contribution in [3.63, 3.8) is 0 Å². The van der Waals surface area contributed by atoms with Gasteiger partial charge in [-0.3, -0.25) is 4.90 Å². The van der Waals surface area contributed by atoms with Crippen molar-refractivity contribution in [2.24, 2.45) is 0 Å². The molecule has 0 N–H and O–H groups in total. The molecule has 2 saturated heterocycles. The molecule has 0 spiro atoms. The molecule has 0 radical (unpaired) electrons. The van der Waals surface area contributed by atoms with Gasteiger partial charge >= 0.3 is 0 Å². The molecule has 0 saturated carbocycles. The van der Waals surface area contributed by atoms with E-state index in [9.17, 15) is 0 Å². The van der Waals surface area contributed by atoms with Crippen LogP contribution in [0.5, 0.6) is 5.75 Å². The van der Waals surface area contributed by atoms with Gasteiger partial charge in [-0.2, -0.15) is 0 Å². The first-order chi connectivity index (χ1) is 21.0. The maximum atomic E-state index is 6.59. The van der Waals surface area contributed by atoms with Gasteiger partial charge in [0.2, 0.25) is 5.79 Å². The fourth-order valence-electron chi connectivity index (χ4n) is 5.66. The molecule has 11 heteroatoms. The molecule has 8 nitrogen and oxygen atoms in total. The zero-order valence-corrected chi connectivity index (χ0v) is 25.8. The van der Waals surface area contributed by atoms with Gasteiger partial charge in [0.1, 0.15) is 23.5 Å². The smallest absolute Gasteiger partial charge is 0.215 e. The van der Waals surface area contributed by atoms with Crippen LogP contribution in [0.15, 0.2) is 85.5 Å². The lowest BCUT2D eigenvalue weighted by atomic mass is 10.1. The van der Waals surface area contributed by atoms with Gasteiger partial charge in [-0.1, -0.05) is 41.4 Å². The first-order valence-corrected chi connectivity index (χ1v) is 15.9. The minimum atomic E-state index is -1.07. The van der Waals surface area contributed by atoms with Crippen LogP contribution < -0.4 is 9.64 Å². The van der Waals surface area contributed by atoms with Crippen LogP contribution in [-0.2, 0) is 28.4 Å². The largest absolute Gasteiger partial charge is 0.491 e. The number of nitrogens with zero attached hydrogens (tertiary/aromatic N) is 5. The van der Waals surface area contributed by atoms with Crippen LogP contribution in [-0.4, -0.2) is 64.9 Å². The van der Waals surface area contributed by atoms with E-state index in [1.165, 1.54) is 15.4 Å². The van der Waals surface area contributed by atoms with E-state index < -0.39 is 5.79 Å². The molecule has 2 aliphatic rings. The van der Waals surface area contributed by atoms with Crippen molar-refractivity contribution in [3.8, 4) is 5.75 Å². The van der Waals surface area contributed by atoms with Gasteiger partial charge in [-0.05, 0) is 48.5 Å². The zero-order chi connectivity index (χ0) is 29.2. The third kappa shape index (κ3) is 6.38. The van der Waals surface area contributed by atoms with E-state index in [0.717, 1.165) is 49.6 Å². The summed E-state index contributed by atoms with van der Waals surface area (Å²) in [7, 11) is 0. The highest BCUT2D eigenvalue weighted by molar-refractivity contribution is 7.18. The maximum Gasteiger partial charge on any atom is 0.215 e. The fraction of sp³-hybridized carbons (Fsp3) is 0.312. The normalized spacial score (nSPS) is 21.1. The lowest BCUT2D eigenvalue weighted by molar-refractivity contribution is -0.189. The van der Waals surface area contributed by atoms with E-state index in [1.807, 2.05) is 35.0 Å². The Bertz CT molecular complexity index is 1640. The van der Waals surface area contributed by atoms with Gasteiger partial charge in [0.25, 0.3) is 0 Å². The Balaban J connectivity index is 0.933. The molecule has 222 valence electrons. The monoisotopic (exact) mass is 635 g/mol. The molecule has 2 aromatic heterocycles. The van der Waals surface area contributed by atoms with Gasteiger partial charge in [0.15, 0.2) is 0 Å². The number of imidazole rings is 1. The summed E-state index contributed by atoms with van der Waals surface area (Å²) in [6, 6.07) is 22.0. The van der Waals surface area contributed by atoms with Crippen molar-refractivity contribution < 1.29 is 14.2 Å². The minimum Gasteiger partial charge on any atom is -0.491 e. The Morgan fingerprint density at radius 1 is 1.00 bits per heavy atom. The summed E-state index contributed by atoms with van der Waals surface area (Å²) in [6.07, 6.45) is 5.04. The average Bonchev–Trinajstić information content (AvgIpc) is 3.77. The van der Waals surface area contributed by atoms with Crippen LogP contribution >= 0.6 is 34.5 Å². The second-order valence-corrected chi connectivity index (χ2v) is 12.8. The first kappa shape index (κ1) is 28.6. The highest BCUT2D eigenvalue weighted by Crippen LogP contribution is 2.40. The molecule has 2 fully saturated rings. The molecule has 0 amide bonds. The Labute approximate surface area is 264 Å². The van der Waals surface area contributed by atoms with Gasteiger partial charge in [-0.25, -0.2) is 9.97 Å². The van der Waals surface area contributed by atoms with Crippen LogP contribution in [0.4, 0.5) is 5.69 Å². The number of para-hydroxylation sites is 1. The van der Waals surface area contributed by atoms with Gasteiger partial charge in [0, 0.05) is 54.8 Å². The molecule has 0 unspecified atom stereocenters. The summed E-state index contributed by atoms with van der Waals surface area (Å²) in [5, 5.41) is 2.23. The molecular formula is C32H31Cl2N5O3S. The van der Waals surface area contributed by atoms with E-state index in [-0.39, 0.29) is 6.10 Å². The van der Waals surface area contributed by atoms with Gasteiger partial charge in [0.05, 0.1) is 41.3 Å². The number of ether oxygens (including phenoxy) is 3. The Morgan fingerprint density at radius 2 is 1.84 bits per heavy atom. The molecule has 0 aliphatic carbocycles. The quantitative estimate of drug-likeness (QED) is 0.184. The number of hydrogen-bond acceptors (Lipinski definition) is 8. The maximum absolute atomic E-state index is 6.59. The molecular weight excluding hydrogens is 605 g/mol. The Kier molecular flexibility index (Phi) is 8.27. The SMILES string of the molecule is Clc1ccc([C@]2(Cn3ccnc3)OC[C@@H](COc3ccc(N4CCN(Cc5nc6ccccc6s5)CC4)cc3)O2)c(Cl)c1. The predicted molar refractivity (Wildman–Crippen MR) is 170 cm³/mol. The number of halogens is 2. The van der Waals surface area contributed by atoms with E-state index in [1.54, 1.807) is 36.0 Å². The zero-order valence-electron chi connectivity index (χ0n) is 23.4. The molecule has 4 heterocycles. The van der Waals surface area contributed by atoms with E-state index in [2.05, 4.69) is 45.1 Å². The number of benzene rings is 3. The van der Waals surface area contributed by atoms with Crippen molar-refractivity contribution >= 4 is 50.4 Å². The summed E-state index contributed by atoms with van der Waals surface area (Å²) in [6.45, 7) is 5.98. The summed E-state index contributed by atoms with van der Waals surface area (Å²) in [5.74, 6) is -0.284. The Morgan fingerprint density at radius 3 is 2.60 bits per heavy atom. The van der Waals surface area contributed by atoms with Crippen molar-refractivity contribution in [2.75, 3.05) is 44.3 Å². The van der Waals surface area contributed by atoms with Crippen LogP contribution in [0.1, 0.15) is 10.6 Å². The average molecular weight is 637 g/mol. The van der Waals surface area contributed by atoms with E-state index in [4.69, 9.17) is 42.4 Å². The number of thiazole rings is 1. The van der Waals surface area contributed by atoms with Gasteiger partial charge < -0.3 is 23.7 Å². The highest BCUT2D eigenvalue weighted by atomic mass is 35.5. The van der Waals surface area contributed by atoms with Crippen LogP contribution in [0, 0.1) is 0 Å². The summed E-state index contributed by atoms with van der Waals surface area (Å²) in [5.41, 5.74) is 3.01.